The van der Waals surface area contributed by atoms with Crippen LogP contribution in [0.25, 0.3) is 0 Å². The SMILES string of the molecule is CN1CCN(C(=O)CNC2C(C)(C)C2(C)C)CC1. The highest BCUT2D eigenvalue weighted by Gasteiger charge is 2.64. The number of nitrogens with zero attached hydrogens (tertiary/aromatic N) is 2. The summed E-state index contributed by atoms with van der Waals surface area (Å²) >= 11 is 0. The summed E-state index contributed by atoms with van der Waals surface area (Å²) in [6.07, 6.45) is 0. The fourth-order valence-corrected chi connectivity index (χ4v) is 3.06. The molecule has 18 heavy (non-hydrogen) atoms. The Balaban J connectivity index is 1.77. The zero-order valence-corrected chi connectivity index (χ0v) is 12.4. The Morgan fingerprint density at radius 2 is 1.61 bits per heavy atom. The van der Waals surface area contributed by atoms with Gasteiger partial charge in [-0.2, -0.15) is 0 Å². The van der Waals surface area contributed by atoms with Gasteiger partial charge < -0.3 is 15.1 Å². The fourth-order valence-electron chi connectivity index (χ4n) is 3.06. The maximum atomic E-state index is 12.1. The maximum absolute atomic E-state index is 12.1. The molecule has 0 aromatic carbocycles. The van der Waals surface area contributed by atoms with Gasteiger partial charge in [0.2, 0.25) is 5.91 Å². The Hall–Kier alpha value is -0.610. The topological polar surface area (TPSA) is 35.6 Å². The van der Waals surface area contributed by atoms with E-state index in [1.807, 2.05) is 4.90 Å². The molecule has 1 heterocycles. The summed E-state index contributed by atoms with van der Waals surface area (Å²) in [6.45, 7) is 13.3. The highest BCUT2D eigenvalue weighted by molar-refractivity contribution is 5.78. The molecule has 0 aromatic rings. The van der Waals surface area contributed by atoms with Crippen molar-refractivity contribution in [1.82, 2.24) is 15.1 Å². The Bertz CT molecular complexity index is 316. The van der Waals surface area contributed by atoms with Gasteiger partial charge in [0.1, 0.15) is 0 Å². The van der Waals surface area contributed by atoms with Crippen LogP contribution in [0.4, 0.5) is 0 Å². The number of carbonyl (C=O) groups excluding carboxylic acids is 1. The number of carbonyl (C=O) groups is 1. The average molecular weight is 253 g/mol. The van der Waals surface area contributed by atoms with Gasteiger partial charge in [-0.1, -0.05) is 27.7 Å². The summed E-state index contributed by atoms with van der Waals surface area (Å²) in [6, 6.07) is 0.460. The van der Waals surface area contributed by atoms with Crippen molar-refractivity contribution < 1.29 is 4.79 Å². The Morgan fingerprint density at radius 3 is 2.06 bits per heavy atom. The smallest absolute Gasteiger partial charge is 0.236 e. The van der Waals surface area contributed by atoms with Crippen molar-refractivity contribution in [3.8, 4) is 0 Å². The third-order valence-electron chi connectivity index (χ3n) is 5.33. The van der Waals surface area contributed by atoms with Crippen LogP contribution in [0.2, 0.25) is 0 Å². The fraction of sp³-hybridized carbons (Fsp3) is 0.929. The van der Waals surface area contributed by atoms with Crippen LogP contribution in [0, 0.1) is 10.8 Å². The Labute approximate surface area is 111 Å². The van der Waals surface area contributed by atoms with Gasteiger partial charge in [-0.15, -0.1) is 0 Å². The standard InChI is InChI=1S/C14H27N3O/c1-13(2)12(14(13,3)4)15-10-11(18)17-8-6-16(5)7-9-17/h12,15H,6-10H2,1-5H3. The minimum atomic E-state index is 0.251. The maximum Gasteiger partial charge on any atom is 0.236 e. The molecule has 0 bridgehead atoms. The number of rotatable bonds is 3. The predicted octanol–water partition coefficient (Wildman–Crippen LogP) is 0.785. The number of hydrogen-bond donors (Lipinski definition) is 1. The van der Waals surface area contributed by atoms with E-state index < -0.39 is 0 Å². The second kappa shape index (κ2) is 4.49. The summed E-state index contributed by atoms with van der Waals surface area (Å²) in [7, 11) is 2.11. The van der Waals surface area contributed by atoms with Crippen LogP contribution in [0.5, 0.6) is 0 Å². The van der Waals surface area contributed by atoms with Crippen molar-refractivity contribution in [2.45, 2.75) is 33.7 Å². The van der Waals surface area contributed by atoms with Gasteiger partial charge in [0.15, 0.2) is 0 Å². The van der Waals surface area contributed by atoms with Crippen LogP contribution in [0.1, 0.15) is 27.7 Å². The van der Waals surface area contributed by atoms with Crippen molar-refractivity contribution >= 4 is 5.91 Å². The molecular weight excluding hydrogens is 226 g/mol. The first-order chi connectivity index (χ1) is 8.26. The molecule has 1 saturated heterocycles. The molecule has 2 fully saturated rings. The summed E-state index contributed by atoms with van der Waals surface area (Å²) in [5, 5.41) is 3.44. The monoisotopic (exact) mass is 253 g/mol. The first kappa shape index (κ1) is 13.8. The van der Waals surface area contributed by atoms with E-state index in [9.17, 15) is 4.79 Å². The average Bonchev–Trinajstić information content (AvgIpc) is 2.67. The van der Waals surface area contributed by atoms with Gasteiger partial charge in [0.05, 0.1) is 6.54 Å². The van der Waals surface area contributed by atoms with Crippen LogP contribution in [-0.2, 0) is 4.79 Å². The Kier molecular flexibility index (Phi) is 3.45. The number of likely N-dealkylation sites (N-methyl/N-ethyl adjacent to an activating group) is 1. The van der Waals surface area contributed by atoms with E-state index in [0.717, 1.165) is 26.2 Å². The molecule has 4 nitrogen and oxygen atoms in total. The predicted molar refractivity (Wildman–Crippen MR) is 73.4 cm³/mol. The molecule has 2 rings (SSSR count). The third-order valence-corrected chi connectivity index (χ3v) is 5.33. The lowest BCUT2D eigenvalue weighted by Gasteiger charge is -2.32. The third kappa shape index (κ3) is 2.28. The van der Waals surface area contributed by atoms with Crippen LogP contribution in [0.15, 0.2) is 0 Å². The quantitative estimate of drug-likeness (QED) is 0.807. The number of hydrogen-bond acceptors (Lipinski definition) is 3. The van der Waals surface area contributed by atoms with E-state index in [2.05, 4.69) is 45.0 Å². The lowest BCUT2D eigenvalue weighted by molar-refractivity contribution is -0.131. The summed E-state index contributed by atoms with van der Waals surface area (Å²) < 4.78 is 0. The van der Waals surface area contributed by atoms with Crippen LogP contribution in [0.3, 0.4) is 0 Å². The molecular formula is C14H27N3O. The summed E-state index contributed by atoms with van der Waals surface area (Å²) in [5.74, 6) is 0.251. The molecule has 0 atom stereocenters. The van der Waals surface area contributed by atoms with Crippen LogP contribution < -0.4 is 5.32 Å². The van der Waals surface area contributed by atoms with E-state index >= 15 is 0 Å². The van der Waals surface area contributed by atoms with Gasteiger partial charge in [-0.25, -0.2) is 0 Å². The molecule has 0 unspecified atom stereocenters. The van der Waals surface area contributed by atoms with Gasteiger partial charge in [-0.3, -0.25) is 4.79 Å². The zero-order valence-electron chi connectivity index (χ0n) is 12.4. The van der Waals surface area contributed by atoms with E-state index in [4.69, 9.17) is 0 Å². The molecule has 4 heteroatoms. The van der Waals surface area contributed by atoms with E-state index in [1.54, 1.807) is 0 Å². The largest absolute Gasteiger partial charge is 0.339 e. The van der Waals surface area contributed by atoms with Crippen LogP contribution >= 0.6 is 0 Å². The molecule has 2 aliphatic rings. The van der Waals surface area contributed by atoms with Crippen molar-refractivity contribution in [2.75, 3.05) is 39.8 Å². The summed E-state index contributed by atoms with van der Waals surface area (Å²) in [5.41, 5.74) is 0.602. The molecule has 0 radical (unpaired) electrons. The van der Waals surface area contributed by atoms with Crippen LogP contribution in [-0.4, -0.2) is 61.5 Å². The van der Waals surface area contributed by atoms with Crippen molar-refractivity contribution in [1.29, 1.82) is 0 Å². The normalized spacial score (nSPS) is 27.3. The molecule has 1 N–H and O–H groups in total. The van der Waals surface area contributed by atoms with Crippen molar-refractivity contribution in [3.05, 3.63) is 0 Å². The second-order valence-corrected chi connectivity index (χ2v) is 6.94. The van der Waals surface area contributed by atoms with Crippen molar-refractivity contribution in [2.24, 2.45) is 10.8 Å². The number of piperazine rings is 1. The van der Waals surface area contributed by atoms with Gasteiger partial charge in [0, 0.05) is 32.2 Å². The Morgan fingerprint density at radius 1 is 1.11 bits per heavy atom. The minimum Gasteiger partial charge on any atom is -0.339 e. The van der Waals surface area contributed by atoms with E-state index in [1.165, 1.54) is 0 Å². The molecule has 104 valence electrons. The molecule has 0 aromatic heterocycles. The molecule has 1 aliphatic carbocycles. The highest BCUT2D eigenvalue weighted by Crippen LogP contribution is 2.62. The first-order valence-corrected chi connectivity index (χ1v) is 6.96. The van der Waals surface area contributed by atoms with Gasteiger partial charge in [0.25, 0.3) is 0 Å². The summed E-state index contributed by atoms with van der Waals surface area (Å²) in [4.78, 5) is 16.4. The van der Waals surface area contributed by atoms with E-state index in [0.29, 0.717) is 23.4 Å². The number of nitrogens with one attached hydrogen (secondary N) is 1. The van der Waals surface area contributed by atoms with Gasteiger partial charge in [-0.05, 0) is 17.9 Å². The highest BCUT2D eigenvalue weighted by atomic mass is 16.2. The lowest BCUT2D eigenvalue weighted by atomic mass is 10.0. The second-order valence-electron chi connectivity index (χ2n) is 6.94. The van der Waals surface area contributed by atoms with Crippen molar-refractivity contribution in [3.63, 3.8) is 0 Å². The number of amides is 1. The molecule has 1 aliphatic heterocycles. The minimum absolute atomic E-state index is 0.251. The molecule has 1 saturated carbocycles. The van der Waals surface area contributed by atoms with E-state index in [-0.39, 0.29) is 5.91 Å². The zero-order chi connectivity index (χ0) is 13.6. The van der Waals surface area contributed by atoms with Gasteiger partial charge >= 0.3 is 0 Å². The molecule has 0 spiro atoms. The molecule has 1 amide bonds. The lowest BCUT2D eigenvalue weighted by Crippen LogP contribution is -2.50. The first-order valence-electron chi connectivity index (χ1n) is 6.96.